The molecule has 31 heavy (non-hydrogen) atoms. The van der Waals surface area contributed by atoms with E-state index >= 15 is 0 Å². The van der Waals surface area contributed by atoms with Gasteiger partial charge in [-0.3, -0.25) is 9.48 Å². The topological polar surface area (TPSA) is 74.6 Å². The van der Waals surface area contributed by atoms with Crippen LogP contribution in [0.25, 0.3) is 0 Å². The molecule has 7 nitrogen and oxygen atoms in total. The molecule has 164 valence electrons. The minimum atomic E-state index is -2.92. The van der Waals surface area contributed by atoms with Gasteiger partial charge in [0.1, 0.15) is 5.75 Å². The van der Waals surface area contributed by atoms with Crippen LogP contribution in [0, 0.1) is 13.8 Å². The molecular weight excluding hydrogens is 408 g/mol. The Hall–Kier alpha value is -3.62. The Balaban J connectivity index is 1.76. The van der Waals surface area contributed by atoms with E-state index in [9.17, 15) is 13.6 Å². The van der Waals surface area contributed by atoms with Crippen molar-refractivity contribution in [3.8, 4) is 17.2 Å². The summed E-state index contributed by atoms with van der Waals surface area (Å²) in [6.45, 7) is 1.22. The number of aromatic nitrogens is 2. The number of ether oxygens (including phenoxy) is 3. The number of alkyl halides is 2. The van der Waals surface area contributed by atoms with Gasteiger partial charge in [0, 0.05) is 5.56 Å². The van der Waals surface area contributed by atoms with Gasteiger partial charge in [-0.2, -0.15) is 13.9 Å². The number of hydrogen-bond acceptors (Lipinski definition) is 5. The van der Waals surface area contributed by atoms with E-state index in [0.29, 0.717) is 35.0 Å². The maximum Gasteiger partial charge on any atom is 0.387 e. The van der Waals surface area contributed by atoms with Gasteiger partial charge < -0.3 is 19.5 Å². The second-order valence-corrected chi connectivity index (χ2v) is 6.75. The molecule has 0 aliphatic heterocycles. The Bertz CT molecular complexity index is 1070. The number of amides is 1. The third-order valence-corrected chi connectivity index (χ3v) is 4.74. The number of nitrogens with one attached hydrogen (secondary N) is 1. The molecule has 0 radical (unpaired) electrons. The zero-order valence-electron chi connectivity index (χ0n) is 17.6. The lowest BCUT2D eigenvalue weighted by Gasteiger charge is -2.11. The smallest absolute Gasteiger partial charge is 0.387 e. The molecule has 0 atom stereocenters. The van der Waals surface area contributed by atoms with E-state index in [-0.39, 0.29) is 11.7 Å². The molecule has 0 aliphatic carbocycles. The Morgan fingerprint density at radius 1 is 1.06 bits per heavy atom. The number of benzene rings is 2. The highest BCUT2D eigenvalue weighted by molar-refractivity contribution is 6.04. The standard InChI is InChI=1S/C22H23F2N3O4/c1-13-20(25-21(28)16-6-8-17(9-7-16)31-22(23)24)14(2)27(26-13)12-15-5-10-18(29-3)19(11-15)30-4/h5-11,22H,12H2,1-4H3,(H,25,28). The average molecular weight is 431 g/mol. The van der Waals surface area contributed by atoms with Crippen molar-refractivity contribution in [2.75, 3.05) is 19.5 Å². The van der Waals surface area contributed by atoms with Crippen molar-refractivity contribution in [2.24, 2.45) is 0 Å². The number of anilines is 1. The van der Waals surface area contributed by atoms with E-state index in [1.54, 1.807) is 25.8 Å². The van der Waals surface area contributed by atoms with Gasteiger partial charge >= 0.3 is 6.61 Å². The van der Waals surface area contributed by atoms with Gasteiger partial charge in [-0.05, 0) is 55.8 Å². The average Bonchev–Trinajstić information content (AvgIpc) is 3.01. The first-order valence-electron chi connectivity index (χ1n) is 9.43. The fourth-order valence-corrected chi connectivity index (χ4v) is 3.16. The fourth-order valence-electron chi connectivity index (χ4n) is 3.16. The first-order chi connectivity index (χ1) is 14.8. The van der Waals surface area contributed by atoms with Crippen LogP contribution in [-0.4, -0.2) is 36.5 Å². The summed E-state index contributed by atoms with van der Waals surface area (Å²) in [6, 6.07) is 11.1. The lowest BCUT2D eigenvalue weighted by atomic mass is 10.2. The summed E-state index contributed by atoms with van der Waals surface area (Å²) in [5.41, 5.74) is 3.30. The number of carbonyl (C=O) groups is 1. The van der Waals surface area contributed by atoms with Crippen LogP contribution in [0.15, 0.2) is 42.5 Å². The van der Waals surface area contributed by atoms with Crippen LogP contribution in [-0.2, 0) is 6.54 Å². The number of nitrogens with zero attached hydrogens (tertiary/aromatic N) is 2. The lowest BCUT2D eigenvalue weighted by molar-refractivity contribution is -0.0498. The van der Waals surface area contributed by atoms with Crippen molar-refractivity contribution in [1.29, 1.82) is 0 Å². The largest absolute Gasteiger partial charge is 0.493 e. The molecule has 0 aliphatic rings. The molecule has 0 saturated heterocycles. The second-order valence-electron chi connectivity index (χ2n) is 6.75. The molecule has 2 aromatic carbocycles. The molecule has 0 bridgehead atoms. The predicted molar refractivity (Wildman–Crippen MR) is 111 cm³/mol. The Kier molecular flexibility index (Phi) is 6.74. The minimum absolute atomic E-state index is 0.0124. The van der Waals surface area contributed by atoms with Crippen molar-refractivity contribution >= 4 is 11.6 Å². The number of halogens is 2. The van der Waals surface area contributed by atoms with Crippen molar-refractivity contribution < 1.29 is 27.8 Å². The molecule has 1 heterocycles. The van der Waals surface area contributed by atoms with Crippen molar-refractivity contribution in [1.82, 2.24) is 9.78 Å². The van der Waals surface area contributed by atoms with Crippen molar-refractivity contribution in [3.63, 3.8) is 0 Å². The van der Waals surface area contributed by atoms with Gasteiger partial charge in [0.15, 0.2) is 11.5 Å². The molecule has 3 rings (SSSR count). The molecule has 3 aromatic rings. The molecule has 0 unspecified atom stereocenters. The van der Waals surface area contributed by atoms with Gasteiger partial charge in [-0.25, -0.2) is 0 Å². The molecule has 0 fully saturated rings. The zero-order valence-corrected chi connectivity index (χ0v) is 17.6. The number of aryl methyl sites for hydroxylation is 1. The quantitative estimate of drug-likeness (QED) is 0.572. The summed E-state index contributed by atoms with van der Waals surface area (Å²) in [4.78, 5) is 12.6. The molecule has 1 amide bonds. The lowest BCUT2D eigenvalue weighted by Crippen LogP contribution is -2.13. The van der Waals surface area contributed by atoms with E-state index in [1.807, 2.05) is 25.1 Å². The molecule has 0 saturated carbocycles. The normalized spacial score (nSPS) is 10.8. The van der Waals surface area contributed by atoms with E-state index < -0.39 is 6.61 Å². The summed E-state index contributed by atoms with van der Waals surface area (Å²) in [6.07, 6.45) is 0. The molecule has 9 heteroatoms. The number of carbonyl (C=O) groups excluding carboxylic acids is 1. The third-order valence-electron chi connectivity index (χ3n) is 4.74. The van der Waals surface area contributed by atoms with E-state index in [1.165, 1.54) is 24.3 Å². The van der Waals surface area contributed by atoms with Crippen LogP contribution in [0.5, 0.6) is 17.2 Å². The van der Waals surface area contributed by atoms with Crippen molar-refractivity contribution in [3.05, 3.63) is 65.0 Å². The molecular formula is C22H23F2N3O4. The van der Waals surface area contributed by atoms with E-state index in [4.69, 9.17) is 9.47 Å². The van der Waals surface area contributed by atoms with Gasteiger partial charge in [0.2, 0.25) is 0 Å². The number of rotatable bonds is 8. The van der Waals surface area contributed by atoms with Gasteiger partial charge in [0.25, 0.3) is 5.91 Å². The highest BCUT2D eigenvalue weighted by atomic mass is 19.3. The van der Waals surface area contributed by atoms with Crippen LogP contribution in [0.1, 0.15) is 27.3 Å². The molecule has 1 N–H and O–H groups in total. The third kappa shape index (κ3) is 5.11. The van der Waals surface area contributed by atoms with Gasteiger partial charge in [0.05, 0.1) is 37.8 Å². The van der Waals surface area contributed by atoms with Crippen molar-refractivity contribution in [2.45, 2.75) is 27.0 Å². The van der Waals surface area contributed by atoms with Crippen LogP contribution < -0.4 is 19.5 Å². The Morgan fingerprint density at radius 2 is 1.74 bits per heavy atom. The zero-order chi connectivity index (χ0) is 22.5. The molecule has 1 aromatic heterocycles. The molecule has 0 spiro atoms. The van der Waals surface area contributed by atoms with E-state index in [2.05, 4.69) is 15.2 Å². The monoisotopic (exact) mass is 431 g/mol. The summed E-state index contributed by atoms with van der Waals surface area (Å²) in [7, 11) is 3.15. The fraction of sp³-hybridized carbons (Fsp3) is 0.273. The second kappa shape index (κ2) is 9.46. The first-order valence-corrected chi connectivity index (χ1v) is 9.43. The summed E-state index contributed by atoms with van der Waals surface area (Å²) in [5.74, 6) is 0.869. The number of hydrogen-bond donors (Lipinski definition) is 1. The highest BCUT2D eigenvalue weighted by Crippen LogP contribution is 2.29. The summed E-state index contributed by atoms with van der Waals surface area (Å²) >= 11 is 0. The maximum absolute atomic E-state index is 12.6. The van der Waals surface area contributed by atoms with Gasteiger partial charge in [-0.1, -0.05) is 6.07 Å². The minimum Gasteiger partial charge on any atom is -0.493 e. The van der Waals surface area contributed by atoms with E-state index in [0.717, 1.165) is 11.3 Å². The Labute approximate surface area is 178 Å². The van der Waals surface area contributed by atoms with Crippen LogP contribution in [0.3, 0.4) is 0 Å². The summed E-state index contributed by atoms with van der Waals surface area (Å²) < 4.78 is 41.2. The summed E-state index contributed by atoms with van der Waals surface area (Å²) in [5, 5.41) is 7.37. The van der Waals surface area contributed by atoms with Crippen LogP contribution >= 0.6 is 0 Å². The van der Waals surface area contributed by atoms with Crippen LogP contribution in [0.4, 0.5) is 14.5 Å². The number of methoxy groups -OCH3 is 2. The first kappa shape index (κ1) is 22.1. The highest BCUT2D eigenvalue weighted by Gasteiger charge is 2.16. The SMILES string of the molecule is COc1ccc(Cn2nc(C)c(NC(=O)c3ccc(OC(F)F)cc3)c2C)cc1OC. The Morgan fingerprint density at radius 3 is 2.35 bits per heavy atom. The maximum atomic E-state index is 12.6. The van der Waals surface area contributed by atoms with Gasteiger partial charge in [-0.15, -0.1) is 0 Å². The van der Waals surface area contributed by atoms with Crippen LogP contribution in [0.2, 0.25) is 0 Å². The predicted octanol–water partition coefficient (Wildman–Crippen LogP) is 4.42.